The van der Waals surface area contributed by atoms with Crippen LogP contribution >= 0.6 is 0 Å². The second-order valence-electron chi connectivity index (χ2n) is 8.77. The van der Waals surface area contributed by atoms with Gasteiger partial charge in [-0.1, -0.05) is 0 Å². The SMILES string of the molecule is COc1cc(Nc2c(C(N)=O)cnc3c(C)cc(S(=O)(=O)C4CCN(C(C)=O)CC4)cc23)ccc1F. The van der Waals surface area contributed by atoms with Crippen molar-refractivity contribution in [3.8, 4) is 5.75 Å². The minimum Gasteiger partial charge on any atom is -0.494 e. The van der Waals surface area contributed by atoms with E-state index in [0.717, 1.165) is 0 Å². The van der Waals surface area contributed by atoms with Crippen molar-refractivity contribution >= 4 is 43.9 Å². The van der Waals surface area contributed by atoms with Crippen molar-refractivity contribution in [2.24, 2.45) is 5.73 Å². The number of methoxy groups -OCH3 is 1. The molecule has 1 saturated heterocycles. The average molecular weight is 515 g/mol. The van der Waals surface area contributed by atoms with E-state index in [1.807, 2.05) is 0 Å². The Kier molecular flexibility index (Phi) is 6.85. The van der Waals surface area contributed by atoms with Crippen LogP contribution in [0.5, 0.6) is 5.75 Å². The van der Waals surface area contributed by atoms with Gasteiger partial charge in [-0.15, -0.1) is 0 Å². The molecule has 3 N–H and O–H groups in total. The van der Waals surface area contributed by atoms with Crippen LogP contribution in [0.3, 0.4) is 0 Å². The van der Waals surface area contributed by atoms with Crippen LogP contribution in [0.1, 0.15) is 35.7 Å². The number of anilines is 2. The van der Waals surface area contributed by atoms with Gasteiger partial charge < -0.3 is 20.7 Å². The van der Waals surface area contributed by atoms with Gasteiger partial charge in [0.05, 0.1) is 34.0 Å². The predicted octanol–water partition coefficient (Wildman–Crippen LogP) is 3.32. The molecule has 0 bridgehead atoms. The Balaban J connectivity index is 1.82. The topological polar surface area (TPSA) is 132 Å². The fourth-order valence-electron chi connectivity index (χ4n) is 4.49. The van der Waals surface area contributed by atoms with Crippen molar-refractivity contribution in [2.45, 2.75) is 36.8 Å². The number of rotatable bonds is 6. The number of carbonyl (C=O) groups excluding carboxylic acids is 2. The van der Waals surface area contributed by atoms with Crippen LogP contribution in [0.15, 0.2) is 41.4 Å². The molecule has 0 radical (unpaired) electrons. The molecule has 3 aromatic rings. The summed E-state index contributed by atoms with van der Waals surface area (Å²) in [6.07, 6.45) is 1.99. The largest absolute Gasteiger partial charge is 0.494 e. The zero-order valence-corrected chi connectivity index (χ0v) is 21.0. The quantitative estimate of drug-likeness (QED) is 0.516. The lowest BCUT2D eigenvalue weighted by Gasteiger charge is -2.31. The number of pyridine rings is 1. The molecule has 2 amide bonds. The molecule has 9 nitrogen and oxygen atoms in total. The Bertz CT molecular complexity index is 1470. The van der Waals surface area contributed by atoms with E-state index in [4.69, 9.17) is 10.5 Å². The van der Waals surface area contributed by atoms with E-state index in [1.54, 1.807) is 17.9 Å². The van der Waals surface area contributed by atoms with Gasteiger partial charge in [-0.25, -0.2) is 12.8 Å². The van der Waals surface area contributed by atoms with Crippen molar-refractivity contribution in [3.05, 3.63) is 53.5 Å². The Morgan fingerprint density at radius 2 is 1.89 bits per heavy atom. The van der Waals surface area contributed by atoms with Crippen molar-refractivity contribution in [1.29, 1.82) is 0 Å². The zero-order valence-electron chi connectivity index (χ0n) is 20.2. The van der Waals surface area contributed by atoms with Crippen LogP contribution in [0.25, 0.3) is 10.9 Å². The number of carbonyl (C=O) groups is 2. The molecular formula is C25H27FN4O5S. The maximum Gasteiger partial charge on any atom is 0.252 e. The number of sulfone groups is 1. The van der Waals surface area contributed by atoms with Gasteiger partial charge in [0.2, 0.25) is 5.91 Å². The number of piperidine rings is 1. The number of aromatic nitrogens is 1. The van der Waals surface area contributed by atoms with E-state index >= 15 is 0 Å². The summed E-state index contributed by atoms with van der Waals surface area (Å²) < 4.78 is 46.1. The highest BCUT2D eigenvalue weighted by Crippen LogP contribution is 2.35. The van der Waals surface area contributed by atoms with E-state index in [2.05, 4.69) is 10.3 Å². The first kappa shape index (κ1) is 25.4. The van der Waals surface area contributed by atoms with Gasteiger partial charge in [0.1, 0.15) is 0 Å². The number of aryl methyl sites for hydroxylation is 1. The summed E-state index contributed by atoms with van der Waals surface area (Å²) >= 11 is 0. The number of likely N-dealkylation sites (tertiary alicyclic amines) is 1. The Labute approximate surface area is 208 Å². The summed E-state index contributed by atoms with van der Waals surface area (Å²) in [7, 11) is -2.41. The van der Waals surface area contributed by atoms with Gasteiger partial charge in [-0.3, -0.25) is 14.6 Å². The number of amides is 2. The third kappa shape index (κ3) is 4.70. The number of halogens is 1. The second-order valence-corrected chi connectivity index (χ2v) is 11.0. The molecule has 0 unspecified atom stereocenters. The fourth-order valence-corrected chi connectivity index (χ4v) is 6.33. The first-order chi connectivity index (χ1) is 17.0. The predicted molar refractivity (Wildman–Crippen MR) is 134 cm³/mol. The normalized spacial score (nSPS) is 14.6. The van der Waals surface area contributed by atoms with Crippen molar-refractivity contribution in [1.82, 2.24) is 9.88 Å². The molecule has 2 aromatic carbocycles. The molecule has 2 heterocycles. The molecule has 4 rings (SSSR count). The van der Waals surface area contributed by atoms with Crippen LogP contribution < -0.4 is 15.8 Å². The number of ether oxygens (including phenoxy) is 1. The summed E-state index contributed by atoms with van der Waals surface area (Å²) in [5, 5.41) is 2.82. The molecular weight excluding hydrogens is 487 g/mol. The van der Waals surface area contributed by atoms with E-state index in [9.17, 15) is 22.4 Å². The number of primary amides is 1. The highest BCUT2D eigenvalue weighted by atomic mass is 32.2. The number of nitrogens with one attached hydrogen (secondary N) is 1. The lowest BCUT2D eigenvalue weighted by atomic mass is 10.1. The minimum atomic E-state index is -3.74. The number of benzene rings is 2. The average Bonchev–Trinajstić information content (AvgIpc) is 2.85. The van der Waals surface area contributed by atoms with Crippen molar-refractivity contribution < 1.29 is 27.1 Å². The monoisotopic (exact) mass is 514 g/mol. The number of nitrogens with zero attached hydrogens (tertiary/aromatic N) is 2. The van der Waals surface area contributed by atoms with Gasteiger partial charge in [-0.05, 0) is 49.6 Å². The number of nitrogens with two attached hydrogens (primary N) is 1. The van der Waals surface area contributed by atoms with Crippen molar-refractivity contribution in [3.63, 3.8) is 0 Å². The smallest absolute Gasteiger partial charge is 0.252 e. The van der Waals surface area contributed by atoms with Gasteiger partial charge in [-0.2, -0.15) is 0 Å². The molecule has 0 spiro atoms. The lowest BCUT2D eigenvalue weighted by Crippen LogP contribution is -2.41. The maximum absolute atomic E-state index is 13.9. The second kappa shape index (κ2) is 9.73. The number of fused-ring (bicyclic) bond motifs is 1. The first-order valence-corrected chi connectivity index (χ1v) is 12.9. The Morgan fingerprint density at radius 1 is 1.19 bits per heavy atom. The van der Waals surface area contributed by atoms with E-state index in [0.29, 0.717) is 48.1 Å². The fraction of sp³-hybridized carbons (Fsp3) is 0.320. The van der Waals surface area contributed by atoms with E-state index in [-0.39, 0.29) is 27.8 Å². The van der Waals surface area contributed by atoms with Gasteiger partial charge in [0, 0.05) is 43.4 Å². The van der Waals surface area contributed by atoms with Gasteiger partial charge in [0.15, 0.2) is 21.4 Å². The molecule has 1 aliphatic heterocycles. The molecule has 1 aromatic heterocycles. The van der Waals surface area contributed by atoms with Crippen LogP contribution in [-0.4, -0.2) is 55.6 Å². The lowest BCUT2D eigenvalue weighted by molar-refractivity contribution is -0.129. The third-order valence-corrected chi connectivity index (χ3v) is 8.72. The Morgan fingerprint density at radius 3 is 2.50 bits per heavy atom. The van der Waals surface area contributed by atoms with Gasteiger partial charge >= 0.3 is 0 Å². The molecule has 0 atom stereocenters. The van der Waals surface area contributed by atoms with Crippen LogP contribution in [0, 0.1) is 12.7 Å². The molecule has 0 saturated carbocycles. The van der Waals surface area contributed by atoms with E-state index < -0.39 is 26.8 Å². The summed E-state index contributed by atoms with van der Waals surface area (Å²) in [4.78, 5) is 30.0. The highest BCUT2D eigenvalue weighted by Gasteiger charge is 2.33. The molecule has 0 aliphatic carbocycles. The van der Waals surface area contributed by atoms with Crippen LogP contribution in [-0.2, 0) is 14.6 Å². The van der Waals surface area contributed by atoms with Gasteiger partial charge in [0.25, 0.3) is 5.91 Å². The molecule has 1 fully saturated rings. The molecule has 1 aliphatic rings. The Hall–Kier alpha value is -3.73. The highest BCUT2D eigenvalue weighted by molar-refractivity contribution is 7.92. The molecule has 190 valence electrons. The molecule has 11 heteroatoms. The first-order valence-electron chi connectivity index (χ1n) is 11.4. The third-order valence-electron chi connectivity index (χ3n) is 6.48. The standard InChI is InChI=1S/C25H27FN4O5S/c1-14-10-18(36(33,34)17-6-8-30(9-7-17)15(2)31)12-19-23(14)28-13-20(25(27)32)24(19)29-16-4-5-21(26)22(11-16)35-3/h4-5,10-13,17H,6-9H2,1-3H3,(H2,27,32)(H,28,29). The zero-order chi connectivity index (χ0) is 26.2. The number of hydrogen-bond donors (Lipinski definition) is 2. The van der Waals surface area contributed by atoms with Crippen LogP contribution in [0.4, 0.5) is 15.8 Å². The maximum atomic E-state index is 13.9. The molecule has 36 heavy (non-hydrogen) atoms. The minimum absolute atomic E-state index is 0.00432. The summed E-state index contributed by atoms with van der Waals surface area (Å²) in [6.45, 7) is 3.95. The van der Waals surface area contributed by atoms with Crippen LogP contribution in [0.2, 0.25) is 0 Å². The number of hydrogen-bond acceptors (Lipinski definition) is 7. The van der Waals surface area contributed by atoms with E-state index in [1.165, 1.54) is 44.5 Å². The van der Waals surface area contributed by atoms with Crippen molar-refractivity contribution in [2.75, 3.05) is 25.5 Å². The summed E-state index contributed by atoms with van der Waals surface area (Å²) in [6, 6.07) is 7.14. The summed E-state index contributed by atoms with van der Waals surface area (Å²) in [5.74, 6) is -1.40. The summed E-state index contributed by atoms with van der Waals surface area (Å²) in [5.41, 5.74) is 7.41.